The van der Waals surface area contributed by atoms with Crippen molar-refractivity contribution in [1.29, 1.82) is 0 Å². The van der Waals surface area contributed by atoms with E-state index in [9.17, 15) is 14.4 Å². The van der Waals surface area contributed by atoms with Gasteiger partial charge >= 0.3 is 5.97 Å². The Kier molecular flexibility index (Phi) is 9.91. The van der Waals surface area contributed by atoms with Crippen molar-refractivity contribution >= 4 is 34.8 Å². The molecule has 1 aliphatic heterocycles. The highest BCUT2D eigenvalue weighted by Crippen LogP contribution is 2.25. The summed E-state index contributed by atoms with van der Waals surface area (Å²) in [5, 5.41) is 9.88. The Balaban J connectivity index is 1.35. The number of hydrogen-bond acceptors (Lipinski definition) is 5. The van der Waals surface area contributed by atoms with Crippen molar-refractivity contribution in [2.45, 2.75) is 45.4 Å². The lowest BCUT2D eigenvalue weighted by atomic mass is 9.90. The van der Waals surface area contributed by atoms with E-state index in [1.807, 2.05) is 30.3 Å². The van der Waals surface area contributed by atoms with Gasteiger partial charge in [0.1, 0.15) is 0 Å². The molecule has 0 radical (unpaired) electrons. The summed E-state index contributed by atoms with van der Waals surface area (Å²) in [5.41, 5.74) is 6.04. The average molecular weight is 532 g/mol. The monoisotopic (exact) mass is 531 g/mol. The number of amides is 2. The van der Waals surface area contributed by atoms with E-state index in [4.69, 9.17) is 9.94 Å². The Bertz CT molecular complexity index is 1290. The van der Waals surface area contributed by atoms with E-state index in [1.54, 1.807) is 23.4 Å². The first-order chi connectivity index (χ1) is 18.9. The van der Waals surface area contributed by atoms with Crippen molar-refractivity contribution in [2.24, 2.45) is 11.8 Å². The summed E-state index contributed by atoms with van der Waals surface area (Å²) >= 11 is 0. The first-order valence-electron chi connectivity index (χ1n) is 13.6. The Morgan fingerprint density at radius 1 is 1.10 bits per heavy atom. The number of hydroxylamine groups is 1. The zero-order chi connectivity index (χ0) is 27.6. The third kappa shape index (κ3) is 8.04. The molecule has 0 aliphatic carbocycles. The Morgan fingerprint density at radius 3 is 2.56 bits per heavy atom. The van der Waals surface area contributed by atoms with E-state index in [-0.39, 0.29) is 17.8 Å². The zero-order valence-electron chi connectivity index (χ0n) is 22.4. The molecule has 8 heteroatoms. The quantitative estimate of drug-likeness (QED) is 0.144. The molecule has 206 valence electrons. The number of aromatic nitrogens is 1. The molecule has 0 saturated carbocycles. The summed E-state index contributed by atoms with van der Waals surface area (Å²) in [5.74, 6) is -0.502. The lowest BCUT2D eigenvalue weighted by Gasteiger charge is -2.30. The predicted octanol–water partition coefficient (Wildman–Crippen LogP) is 4.67. The van der Waals surface area contributed by atoms with E-state index in [0.717, 1.165) is 36.8 Å². The summed E-state index contributed by atoms with van der Waals surface area (Å²) in [6.07, 6.45) is 9.79. The van der Waals surface area contributed by atoms with Crippen LogP contribution in [0.3, 0.4) is 0 Å². The average Bonchev–Trinajstić information content (AvgIpc) is 3.38. The van der Waals surface area contributed by atoms with Crippen LogP contribution in [0.1, 0.15) is 49.3 Å². The molecular weight excluding hydrogens is 494 g/mol. The van der Waals surface area contributed by atoms with Gasteiger partial charge in [-0.1, -0.05) is 42.5 Å². The number of nitrogens with zero attached hydrogens (tertiary/aromatic N) is 1. The SMILES string of the molecule is CC(=O)N1CCC(C(=O)OCCC(CCc2c[nH]c3ccccc23)Cc2ccc(/C=C/C(=O)NO)cc2)CC1. The molecule has 0 spiro atoms. The Morgan fingerprint density at radius 2 is 1.85 bits per heavy atom. The molecule has 3 N–H and O–H groups in total. The molecule has 4 rings (SSSR count). The number of fused-ring (bicyclic) bond motifs is 1. The molecule has 1 saturated heterocycles. The lowest BCUT2D eigenvalue weighted by molar-refractivity contribution is -0.151. The van der Waals surface area contributed by atoms with Gasteiger partial charge in [-0.25, -0.2) is 5.48 Å². The van der Waals surface area contributed by atoms with Gasteiger partial charge in [0.05, 0.1) is 12.5 Å². The standard InChI is InChI=1S/C31H37N3O5/c1-22(35)34-17-14-26(15-18-34)31(37)39-19-16-25(10-12-27-21-32-29-5-3-2-4-28(27)29)20-24-8-6-23(7-9-24)11-13-30(36)33-38/h2-9,11,13,21,25-26,32,38H,10,12,14-20H2,1H3,(H,33,36)/b13-11+. The number of carbonyl (C=O) groups is 3. The maximum atomic E-state index is 12.7. The van der Waals surface area contributed by atoms with Gasteiger partial charge in [0.2, 0.25) is 5.91 Å². The van der Waals surface area contributed by atoms with Gasteiger partial charge in [-0.2, -0.15) is 0 Å². The number of ether oxygens (including phenoxy) is 1. The lowest BCUT2D eigenvalue weighted by Crippen LogP contribution is -2.39. The number of likely N-dealkylation sites (tertiary alicyclic amines) is 1. The molecule has 1 aliphatic rings. The van der Waals surface area contributed by atoms with E-state index in [0.29, 0.717) is 38.5 Å². The molecule has 1 atom stereocenters. The van der Waals surface area contributed by atoms with Crippen LogP contribution in [-0.4, -0.2) is 52.6 Å². The molecule has 1 unspecified atom stereocenters. The minimum Gasteiger partial charge on any atom is -0.465 e. The maximum absolute atomic E-state index is 12.7. The summed E-state index contributed by atoms with van der Waals surface area (Å²) in [6.45, 7) is 3.16. The maximum Gasteiger partial charge on any atom is 0.309 e. The second-order valence-electron chi connectivity index (χ2n) is 10.3. The van der Waals surface area contributed by atoms with Gasteiger partial charge in [0, 0.05) is 43.2 Å². The van der Waals surface area contributed by atoms with Gasteiger partial charge in [0.25, 0.3) is 5.91 Å². The van der Waals surface area contributed by atoms with Gasteiger partial charge in [0.15, 0.2) is 0 Å². The zero-order valence-corrected chi connectivity index (χ0v) is 22.4. The van der Waals surface area contributed by atoms with Crippen LogP contribution in [0.25, 0.3) is 17.0 Å². The van der Waals surface area contributed by atoms with Crippen LogP contribution in [0.2, 0.25) is 0 Å². The van der Waals surface area contributed by atoms with E-state index >= 15 is 0 Å². The van der Waals surface area contributed by atoms with Gasteiger partial charge in [-0.3, -0.25) is 19.6 Å². The van der Waals surface area contributed by atoms with E-state index in [2.05, 4.69) is 29.4 Å². The van der Waals surface area contributed by atoms with Crippen molar-refractivity contribution in [2.75, 3.05) is 19.7 Å². The third-order valence-electron chi connectivity index (χ3n) is 7.58. The van der Waals surface area contributed by atoms with Crippen LogP contribution in [0.4, 0.5) is 0 Å². The van der Waals surface area contributed by atoms with E-state index in [1.165, 1.54) is 22.6 Å². The minimum absolute atomic E-state index is 0.0552. The summed E-state index contributed by atoms with van der Waals surface area (Å²) in [4.78, 5) is 40.6. The molecule has 1 fully saturated rings. The Labute approximate surface area is 229 Å². The molecule has 2 aromatic carbocycles. The molecule has 2 heterocycles. The second kappa shape index (κ2) is 13.8. The molecule has 3 aromatic rings. The van der Waals surface area contributed by atoms with Crippen molar-refractivity contribution in [3.63, 3.8) is 0 Å². The number of piperidine rings is 1. The normalized spacial score (nSPS) is 15.0. The van der Waals surface area contributed by atoms with Crippen molar-refractivity contribution in [1.82, 2.24) is 15.4 Å². The van der Waals surface area contributed by atoms with E-state index < -0.39 is 5.91 Å². The third-order valence-corrected chi connectivity index (χ3v) is 7.58. The fourth-order valence-corrected chi connectivity index (χ4v) is 5.23. The number of carbonyl (C=O) groups excluding carboxylic acids is 3. The summed E-state index contributed by atoms with van der Waals surface area (Å²) in [7, 11) is 0. The minimum atomic E-state index is -0.574. The molecular formula is C31H37N3O5. The molecule has 8 nitrogen and oxygen atoms in total. The first kappa shape index (κ1) is 28.1. The van der Waals surface area contributed by atoms with Crippen LogP contribution in [-0.2, 0) is 32.0 Å². The number of para-hydroxylation sites is 1. The fourth-order valence-electron chi connectivity index (χ4n) is 5.23. The highest BCUT2D eigenvalue weighted by atomic mass is 16.5. The van der Waals surface area contributed by atoms with Gasteiger partial charge in [-0.15, -0.1) is 0 Å². The predicted molar refractivity (Wildman–Crippen MR) is 150 cm³/mol. The number of esters is 1. The fraction of sp³-hybridized carbons (Fsp3) is 0.387. The Hall–Kier alpha value is -3.91. The van der Waals surface area contributed by atoms with Crippen LogP contribution < -0.4 is 5.48 Å². The number of aromatic amines is 1. The topological polar surface area (TPSA) is 112 Å². The smallest absolute Gasteiger partial charge is 0.309 e. The largest absolute Gasteiger partial charge is 0.465 e. The molecule has 1 aromatic heterocycles. The van der Waals surface area contributed by atoms with Crippen molar-refractivity contribution < 1.29 is 24.3 Å². The van der Waals surface area contributed by atoms with Crippen LogP contribution >= 0.6 is 0 Å². The molecule has 0 bridgehead atoms. The number of aryl methyl sites for hydroxylation is 1. The summed E-state index contributed by atoms with van der Waals surface area (Å²) < 4.78 is 5.72. The van der Waals surface area contributed by atoms with Crippen LogP contribution in [0, 0.1) is 11.8 Å². The first-order valence-corrected chi connectivity index (χ1v) is 13.6. The number of H-pyrrole nitrogens is 1. The summed E-state index contributed by atoms with van der Waals surface area (Å²) in [6, 6.07) is 16.3. The van der Waals surface area contributed by atoms with Crippen LogP contribution in [0.15, 0.2) is 60.8 Å². The van der Waals surface area contributed by atoms with Crippen molar-refractivity contribution in [3.8, 4) is 0 Å². The number of nitrogens with one attached hydrogen (secondary N) is 2. The highest BCUT2D eigenvalue weighted by molar-refractivity contribution is 5.90. The number of rotatable bonds is 11. The molecule has 2 amide bonds. The van der Waals surface area contributed by atoms with Gasteiger partial charge in [-0.05, 0) is 73.3 Å². The number of hydrogen-bond donors (Lipinski definition) is 3. The second-order valence-corrected chi connectivity index (χ2v) is 10.3. The highest BCUT2D eigenvalue weighted by Gasteiger charge is 2.27. The van der Waals surface area contributed by atoms with Gasteiger partial charge < -0.3 is 14.6 Å². The van der Waals surface area contributed by atoms with Crippen LogP contribution in [0.5, 0.6) is 0 Å². The number of benzene rings is 2. The molecule has 39 heavy (non-hydrogen) atoms. The van der Waals surface area contributed by atoms with Crippen molar-refractivity contribution in [3.05, 3.63) is 77.5 Å².